The third-order valence-electron chi connectivity index (χ3n) is 4.38. The summed E-state index contributed by atoms with van der Waals surface area (Å²) in [5.41, 5.74) is 0.566. The SMILES string of the molecule is O=C1C(=O)N(Cc2cccs2)C(c2cccs2)/C1=C(/O)c1ccc(Cl)cc1. The zero-order valence-corrected chi connectivity index (χ0v) is 16.4. The standard InChI is InChI=1S/C20H14ClNO3S2/c21-13-7-5-12(6-8-13)18(23)16-17(15-4-2-10-27-15)22(20(25)19(16)24)11-14-3-1-9-26-14/h1-10,17,23H,11H2/b18-16-. The smallest absolute Gasteiger partial charge is 0.296 e. The summed E-state index contributed by atoms with van der Waals surface area (Å²) in [4.78, 5) is 28.9. The predicted molar refractivity (Wildman–Crippen MR) is 108 cm³/mol. The highest BCUT2D eigenvalue weighted by atomic mass is 35.5. The number of ketones is 1. The van der Waals surface area contributed by atoms with Crippen molar-refractivity contribution in [1.82, 2.24) is 4.90 Å². The van der Waals surface area contributed by atoms with E-state index >= 15 is 0 Å². The van der Waals surface area contributed by atoms with Gasteiger partial charge in [0.15, 0.2) is 0 Å². The van der Waals surface area contributed by atoms with Gasteiger partial charge in [-0.15, -0.1) is 22.7 Å². The van der Waals surface area contributed by atoms with Crippen LogP contribution in [-0.4, -0.2) is 21.7 Å². The fourth-order valence-corrected chi connectivity index (χ4v) is 4.79. The van der Waals surface area contributed by atoms with Crippen LogP contribution in [0, 0.1) is 0 Å². The number of carbonyl (C=O) groups is 2. The summed E-state index contributed by atoms with van der Waals surface area (Å²) in [6.07, 6.45) is 0. The lowest BCUT2D eigenvalue weighted by atomic mass is 10.00. The molecular formula is C20H14ClNO3S2. The van der Waals surface area contributed by atoms with Gasteiger partial charge in [0.25, 0.3) is 11.7 Å². The second kappa shape index (κ2) is 7.31. The van der Waals surface area contributed by atoms with Crippen molar-refractivity contribution in [2.45, 2.75) is 12.6 Å². The van der Waals surface area contributed by atoms with E-state index < -0.39 is 17.7 Å². The first kappa shape index (κ1) is 18.0. The largest absolute Gasteiger partial charge is 0.507 e. The number of benzene rings is 1. The van der Waals surface area contributed by atoms with Crippen molar-refractivity contribution < 1.29 is 14.7 Å². The van der Waals surface area contributed by atoms with Crippen molar-refractivity contribution in [2.75, 3.05) is 0 Å². The van der Waals surface area contributed by atoms with E-state index in [2.05, 4.69) is 0 Å². The summed E-state index contributed by atoms with van der Waals surface area (Å²) in [5.74, 6) is -1.45. The van der Waals surface area contributed by atoms with Gasteiger partial charge in [0, 0.05) is 20.3 Å². The molecule has 4 nitrogen and oxygen atoms in total. The van der Waals surface area contributed by atoms with Crippen molar-refractivity contribution in [3.63, 3.8) is 0 Å². The van der Waals surface area contributed by atoms with Crippen LogP contribution in [0.15, 0.2) is 64.9 Å². The minimum atomic E-state index is -0.669. The van der Waals surface area contributed by atoms with E-state index in [9.17, 15) is 14.7 Å². The number of carbonyl (C=O) groups excluding carboxylic acids is 2. The first-order valence-corrected chi connectivity index (χ1v) is 10.3. The lowest BCUT2D eigenvalue weighted by molar-refractivity contribution is -0.140. The molecule has 27 heavy (non-hydrogen) atoms. The zero-order valence-electron chi connectivity index (χ0n) is 14.0. The van der Waals surface area contributed by atoms with Gasteiger partial charge in [0.2, 0.25) is 0 Å². The minimum absolute atomic E-state index is 0.112. The third kappa shape index (κ3) is 3.32. The molecular weight excluding hydrogens is 402 g/mol. The molecule has 1 aliphatic rings. The van der Waals surface area contributed by atoms with Crippen LogP contribution in [-0.2, 0) is 16.1 Å². The topological polar surface area (TPSA) is 57.6 Å². The van der Waals surface area contributed by atoms with Crippen LogP contribution in [0.1, 0.15) is 21.4 Å². The molecule has 1 atom stereocenters. The molecule has 136 valence electrons. The molecule has 0 spiro atoms. The Kier molecular flexibility index (Phi) is 4.86. The lowest BCUT2D eigenvalue weighted by Gasteiger charge is -2.23. The number of rotatable bonds is 4. The van der Waals surface area contributed by atoms with Gasteiger partial charge in [-0.1, -0.05) is 23.7 Å². The highest BCUT2D eigenvalue weighted by Crippen LogP contribution is 2.42. The van der Waals surface area contributed by atoms with Crippen molar-refractivity contribution in [2.24, 2.45) is 0 Å². The fourth-order valence-electron chi connectivity index (χ4n) is 3.12. The molecule has 1 unspecified atom stereocenters. The number of halogens is 1. The number of Topliss-reactive ketones (excluding diaryl/α,β-unsaturated/α-hetero) is 1. The molecule has 4 rings (SSSR count). The number of aliphatic hydroxyl groups excluding tert-OH is 1. The Labute approximate surface area is 169 Å². The van der Waals surface area contributed by atoms with Gasteiger partial charge in [-0.3, -0.25) is 9.59 Å². The van der Waals surface area contributed by atoms with Gasteiger partial charge in [-0.25, -0.2) is 0 Å². The second-order valence-electron chi connectivity index (χ2n) is 6.03. The monoisotopic (exact) mass is 415 g/mol. The summed E-state index contributed by atoms with van der Waals surface area (Å²) in [6, 6.07) is 13.5. The predicted octanol–water partition coefficient (Wildman–Crippen LogP) is 5.08. The van der Waals surface area contributed by atoms with Crippen LogP contribution in [0.5, 0.6) is 0 Å². The van der Waals surface area contributed by atoms with Gasteiger partial charge in [0.1, 0.15) is 11.8 Å². The zero-order chi connectivity index (χ0) is 19.0. The van der Waals surface area contributed by atoms with Crippen molar-refractivity contribution in [3.05, 3.63) is 85.2 Å². The molecule has 3 heterocycles. The summed E-state index contributed by atoms with van der Waals surface area (Å²) in [6.45, 7) is 0.322. The van der Waals surface area contributed by atoms with E-state index in [-0.39, 0.29) is 11.3 Å². The van der Waals surface area contributed by atoms with Gasteiger partial charge in [-0.2, -0.15) is 0 Å². The Morgan fingerprint density at radius 2 is 1.74 bits per heavy atom. The van der Waals surface area contributed by atoms with Gasteiger partial charge >= 0.3 is 0 Å². The van der Waals surface area contributed by atoms with E-state index in [1.54, 1.807) is 24.3 Å². The summed E-state index contributed by atoms with van der Waals surface area (Å²) in [7, 11) is 0. The minimum Gasteiger partial charge on any atom is -0.507 e. The van der Waals surface area contributed by atoms with Crippen LogP contribution in [0.25, 0.3) is 5.76 Å². The third-order valence-corrected chi connectivity index (χ3v) is 6.41. The maximum absolute atomic E-state index is 12.8. The molecule has 0 radical (unpaired) electrons. The molecule has 1 aliphatic heterocycles. The number of aliphatic hydroxyl groups is 1. The van der Waals surface area contributed by atoms with Crippen LogP contribution in [0.4, 0.5) is 0 Å². The number of hydrogen-bond acceptors (Lipinski definition) is 5. The maximum Gasteiger partial charge on any atom is 0.296 e. The Hall–Kier alpha value is -2.41. The average Bonchev–Trinajstić information content (AvgIpc) is 3.40. The van der Waals surface area contributed by atoms with Crippen molar-refractivity contribution in [1.29, 1.82) is 0 Å². The van der Waals surface area contributed by atoms with E-state index in [1.165, 1.54) is 27.6 Å². The maximum atomic E-state index is 12.8. The first-order chi connectivity index (χ1) is 13.1. The van der Waals surface area contributed by atoms with Crippen LogP contribution in [0.2, 0.25) is 5.02 Å². The summed E-state index contributed by atoms with van der Waals surface area (Å²) in [5, 5.41) is 15.2. The Morgan fingerprint density at radius 1 is 1.04 bits per heavy atom. The van der Waals surface area contributed by atoms with Crippen molar-refractivity contribution in [3.8, 4) is 0 Å². The van der Waals surface area contributed by atoms with Crippen LogP contribution < -0.4 is 0 Å². The molecule has 2 aromatic heterocycles. The van der Waals surface area contributed by atoms with Crippen molar-refractivity contribution >= 4 is 51.7 Å². The molecule has 0 bridgehead atoms. The number of thiophene rings is 2. The number of hydrogen-bond donors (Lipinski definition) is 1. The first-order valence-electron chi connectivity index (χ1n) is 8.16. The van der Waals surface area contributed by atoms with Crippen LogP contribution >= 0.6 is 34.3 Å². The number of amides is 1. The van der Waals surface area contributed by atoms with Gasteiger partial charge < -0.3 is 10.0 Å². The highest BCUT2D eigenvalue weighted by molar-refractivity contribution is 7.10. The fraction of sp³-hybridized carbons (Fsp3) is 0.100. The normalized spacial score (nSPS) is 19.0. The molecule has 1 N–H and O–H groups in total. The van der Waals surface area contributed by atoms with E-state index in [0.717, 1.165) is 9.75 Å². The Morgan fingerprint density at radius 3 is 2.37 bits per heavy atom. The van der Waals surface area contributed by atoms with Gasteiger partial charge in [-0.05, 0) is 47.2 Å². The highest BCUT2D eigenvalue weighted by Gasteiger charge is 2.46. The van der Waals surface area contributed by atoms with Gasteiger partial charge in [0.05, 0.1) is 12.1 Å². The molecule has 1 amide bonds. The lowest BCUT2D eigenvalue weighted by Crippen LogP contribution is -2.28. The summed E-state index contributed by atoms with van der Waals surface area (Å²) < 4.78 is 0. The molecule has 3 aromatic rings. The molecule has 7 heteroatoms. The quantitative estimate of drug-likeness (QED) is 0.367. The molecule has 1 fully saturated rings. The number of likely N-dealkylation sites (tertiary alicyclic amines) is 1. The Balaban J connectivity index is 1.83. The average molecular weight is 416 g/mol. The second-order valence-corrected chi connectivity index (χ2v) is 8.48. The molecule has 1 saturated heterocycles. The summed E-state index contributed by atoms with van der Waals surface area (Å²) >= 11 is 8.89. The molecule has 0 saturated carbocycles. The van der Waals surface area contributed by atoms with Crippen LogP contribution in [0.3, 0.4) is 0 Å². The van der Waals surface area contributed by atoms with E-state index in [0.29, 0.717) is 17.1 Å². The molecule has 0 aliphatic carbocycles. The van der Waals surface area contributed by atoms with E-state index in [1.807, 2.05) is 35.0 Å². The Bertz CT molecular complexity index is 1010. The van der Waals surface area contributed by atoms with E-state index in [4.69, 9.17) is 11.6 Å². The molecule has 1 aromatic carbocycles. The number of nitrogens with zero attached hydrogens (tertiary/aromatic N) is 1.